The van der Waals surface area contributed by atoms with Crippen LogP contribution in [0.15, 0.2) is 18.3 Å². The van der Waals surface area contributed by atoms with Crippen LogP contribution in [0.2, 0.25) is 0 Å². The molecule has 2 rings (SSSR count). The molecular weight excluding hydrogens is 264 g/mol. The van der Waals surface area contributed by atoms with Gasteiger partial charge in [-0.3, -0.25) is 20.6 Å². The van der Waals surface area contributed by atoms with Gasteiger partial charge in [0.15, 0.2) is 0 Å². The molecule has 0 aliphatic carbocycles. The Hall–Kier alpha value is -1.66. The minimum Gasteiger partial charge on any atom is -0.271 e. The lowest BCUT2D eigenvalue weighted by molar-refractivity contribution is 0.475. The number of nitrogens with one attached hydrogen (secondary N) is 1. The maximum atomic E-state index is 5.77. The molecule has 6 heteroatoms. The molecule has 0 bridgehead atoms. The van der Waals surface area contributed by atoms with Gasteiger partial charge in [-0.2, -0.15) is 10.2 Å². The van der Waals surface area contributed by atoms with Crippen molar-refractivity contribution < 1.29 is 0 Å². The molecule has 0 saturated heterocycles. The molecule has 2 heterocycles. The summed E-state index contributed by atoms with van der Waals surface area (Å²) in [5, 5.41) is 9.18. The quantitative estimate of drug-likeness (QED) is 0.604. The molecule has 0 aliphatic rings. The van der Waals surface area contributed by atoms with E-state index in [4.69, 9.17) is 5.84 Å². The molecule has 6 nitrogen and oxygen atoms in total. The summed E-state index contributed by atoms with van der Waals surface area (Å²) < 4.78 is 3.99. The highest BCUT2D eigenvalue weighted by Gasteiger charge is 2.18. The number of aryl methyl sites for hydroxylation is 2. The van der Waals surface area contributed by atoms with Crippen molar-refractivity contribution in [3.05, 3.63) is 35.4 Å². The lowest BCUT2D eigenvalue weighted by Crippen LogP contribution is -2.31. The van der Waals surface area contributed by atoms with Crippen LogP contribution in [0.1, 0.15) is 56.9 Å². The molecule has 0 amide bonds. The number of rotatable bonds is 7. The van der Waals surface area contributed by atoms with E-state index in [9.17, 15) is 0 Å². The van der Waals surface area contributed by atoms with Gasteiger partial charge in [0.1, 0.15) is 0 Å². The predicted octanol–water partition coefficient (Wildman–Crippen LogP) is 1.99. The summed E-state index contributed by atoms with van der Waals surface area (Å²) in [4.78, 5) is 0. The fourth-order valence-corrected chi connectivity index (χ4v) is 2.43. The zero-order valence-electron chi connectivity index (χ0n) is 13.4. The molecule has 0 aliphatic heterocycles. The average molecular weight is 290 g/mol. The molecule has 0 fully saturated rings. The van der Waals surface area contributed by atoms with Crippen LogP contribution in [0.25, 0.3) is 0 Å². The van der Waals surface area contributed by atoms with Crippen molar-refractivity contribution in [1.29, 1.82) is 0 Å². The van der Waals surface area contributed by atoms with Gasteiger partial charge in [0.2, 0.25) is 0 Å². The second-order valence-electron chi connectivity index (χ2n) is 5.53. The standard InChI is InChI=1S/C15H26N6/c1-5-12-10-15(20(6-2)18-12)14(17-16)9-13-7-8-21(19-13)11(3)4/h7-8,10-11,14,17H,5-6,9,16H2,1-4H3. The highest BCUT2D eigenvalue weighted by Crippen LogP contribution is 2.19. The van der Waals surface area contributed by atoms with Crippen molar-refractivity contribution >= 4 is 0 Å². The third kappa shape index (κ3) is 3.51. The normalized spacial score (nSPS) is 13.0. The summed E-state index contributed by atoms with van der Waals surface area (Å²) in [5.41, 5.74) is 6.16. The van der Waals surface area contributed by atoms with E-state index in [2.05, 4.69) is 55.5 Å². The van der Waals surface area contributed by atoms with Gasteiger partial charge in [-0.25, -0.2) is 0 Å². The van der Waals surface area contributed by atoms with E-state index in [1.807, 2.05) is 15.6 Å². The van der Waals surface area contributed by atoms with Crippen LogP contribution in [-0.2, 0) is 19.4 Å². The van der Waals surface area contributed by atoms with Crippen molar-refractivity contribution in [1.82, 2.24) is 25.0 Å². The van der Waals surface area contributed by atoms with Crippen LogP contribution < -0.4 is 11.3 Å². The molecule has 116 valence electrons. The highest BCUT2D eigenvalue weighted by molar-refractivity contribution is 5.17. The first-order valence-electron chi connectivity index (χ1n) is 7.65. The number of nitrogens with two attached hydrogens (primary N) is 1. The van der Waals surface area contributed by atoms with Crippen LogP contribution in [0.4, 0.5) is 0 Å². The zero-order valence-corrected chi connectivity index (χ0v) is 13.4. The molecule has 1 unspecified atom stereocenters. The number of hydrogen-bond donors (Lipinski definition) is 2. The summed E-state index contributed by atoms with van der Waals surface area (Å²) in [6.45, 7) is 9.29. The molecule has 0 radical (unpaired) electrons. The zero-order chi connectivity index (χ0) is 15.4. The Balaban J connectivity index is 2.20. The molecule has 0 saturated carbocycles. The van der Waals surface area contributed by atoms with E-state index in [0.717, 1.165) is 36.5 Å². The predicted molar refractivity (Wildman–Crippen MR) is 83.7 cm³/mol. The van der Waals surface area contributed by atoms with Gasteiger partial charge in [-0.15, -0.1) is 0 Å². The summed E-state index contributed by atoms with van der Waals surface area (Å²) in [6.07, 6.45) is 3.70. The van der Waals surface area contributed by atoms with Crippen LogP contribution >= 0.6 is 0 Å². The van der Waals surface area contributed by atoms with E-state index in [-0.39, 0.29) is 6.04 Å². The number of hydrazine groups is 1. The summed E-state index contributed by atoms with van der Waals surface area (Å²) >= 11 is 0. The average Bonchev–Trinajstić information content (AvgIpc) is 3.11. The highest BCUT2D eigenvalue weighted by atomic mass is 15.3. The van der Waals surface area contributed by atoms with Gasteiger partial charge < -0.3 is 0 Å². The lowest BCUT2D eigenvalue weighted by atomic mass is 10.1. The van der Waals surface area contributed by atoms with Crippen molar-refractivity contribution in [3.8, 4) is 0 Å². The van der Waals surface area contributed by atoms with E-state index in [0.29, 0.717) is 6.04 Å². The Kier molecular flexibility index (Phi) is 5.14. The molecule has 21 heavy (non-hydrogen) atoms. The number of aromatic nitrogens is 4. The fraction of sp³-hybridized carbons (Fsp3) is 0.600. The third-order valence-corrected chi connectivity index (χ3v) is 3.69. The maximum Gasteiger partial charge on any atom is 0.0685 e. The Labute approximate surface area is 126 Å². The Morgan fingerprint density at radius 1 is 1.24 bits per heavy atom. The van der Waals surface area contributed by atoms with E-state index < -0.39 is 0 Å². The van der Waals surface area contributed by atoms with Crippen molar-refractivity contribution in [2.24, 2.45) is 5.84 Å². The molecule has 2 aromatic rings. The Morgan fingerprint density at radius 3 is 2.52 bits per heavy atom. The second-order valence-corrected chi connectivity index (χ2v) is 5.53. The van der Waals surface area contributed by atoms with Gasteiger partial charge in [0.05, 0.1) is 23.1 Å². The largest absolute Gasteiger partial charge is 0.271 e. The number of hydrogen-bond acceptors (Lipinski definition) is 4. The Bertz CT molecular complexity index is 568. The molecule has 3 N–H and O–H groups in total. The molecule has 0 aromatic carbocycles. The van der Waals surface area contributed by atoms with Crippen LogP contribution in [0.3, 0.4) is 0 Å². The van der Waals surface area contributed by atoms with Gasteiger partial charge in [0.25, 0.3) is 0 Å². The summed E-state index contributed by atoms with van der Waals surface area (Å²) in [6, 6.07) is 4.58. The van der Waals surface area contributed by atoms with Crippen LogP contribution in [0, 0.1) is 0 Å². The smallest absolute Gasteiger partial charge is 0.0685 e. The van der Waals surface area contributed by atoms with Gasteiger partial charge >= 0.3 is 0 Å². The first kappa shape index (κ1) is 15.7. The van der Waals surface area contributed by atoms with Gasteiger partial charge in [-0.05, 0) is 39.3 Å². The first-order chi connectivity index (χ1) is 10.1. The summed E-state index contributed by atoms with van der Waals surface area (Å²) in [5.74, 6) is 5.77. The minimum atomic E-state index is 0.0215. The van der Waals surface area contributed by atoms with Crippen molar-refractivity contribution in [3.63, 3.8) is 0 Å². The topological polar surface area (TPSA) is 73.7 Å². The number of nitrogens with zero attached hydrogens (tertiary/aromatic N) is 4. The van der Waals surface area contributed by atoms with Crippen LogP contribution in [0.5, 0.6) is 0 Å². The van der Waals surface area contributed by atoms with Gasteiger partial charge in [0, 0.05) is 25.2 Å². The van der Waals surface area contributed by atoms with Crippen molar-refractivity contribution in [2.45, 2.75) is 59.2 Å². The summed E-state index contributed by atoms with van der Waals surface area (Å²) in [7, 11) is 0. The molecule has 0 spiro atoms. The lowest BCUT2D eigenvalue weighted by Gasteiger charge is -2.16. The van der Waals surface area contributed by atoms with E-state index >= 15 is 0 Å². The monoisotopic (exact) mass is 290 g/mol. The maximum absolute atomic E-state index is 5.77. The third-order valence-electron chi connectivity index (χ3n) is 3.69. The van der Waals surface area contributed by atoms with E-state index in [1.165, 1.54) is 0 Å². The molecular formula is C15H26N6. The second kappa shape index (κ2) is 6.87. The van der Waals surface area contributed by atoms with Crippen molar-refractivity contribution in [2.75, 3.05) is 0 Å². The minimum absolute atomic E-state index is 0.0215. The SMILES string of the molecule is CCc1cc(C(Cc2ccn(C(C)C)n2)NN)n(CC)n1. The van der Waals surface area contributed by atoms with E-state index in [1.54, 1.807) is 0 Å². The molecule has 2 aromatic heterocycles. The van der Waals surface area contributed by atoms with Gasteiger partial charge in [-0.1, -0.05) is 6.92 Å². The first-order valence-corrected chi connectivity index (χ1v) is 7.65. The fourth-order valence-electron chi connectivity index (χ4n) is 2.43. The molecule has 1 atom stereocenters. The Morgan fingerprint density at radius 2 is 2.00 bits per heavy atom. The van der Waals surface area contributed by atoms with Crippen LogP contribution in [-0.4, -0.2) is 19.6 Å².